The topological polar surface area (TPSA) is 50.3 Å². The molecular formula is C11H17ClN2O2S2. The first-order valence-electron chi connectivity index (χ1n) is 5.83. The van der Waals surface area contributed by atoms with Gasteiger partial charge in [-0.1, -0.05) is 43.7 Å². The summed E-state index contributed by atoms with van der Waals surface area (Å²) in [4.78, 5) is 3.80. The summed E-state index contributed by atoms with van der Waals surface area (Å²) in [6.07, 6.45) is 2.25. The Balaban J connectivity index is 2.19. The molecule has 1 fully saturated rings. The fraction of sp³-hybridized carbons (Fsp3) is 0.727. The molecule has 1 atom stereocenters. The maximum atomic E-state index is 12.4. The van der Waals surface area contributed by atoms with Crippen molar-refractivity contribution in [3.05, 3.63) is 10.7 Å². The molecule has 0 radical (unpaired) electrons. The quantitative estimate of drug-likeness (QED) is 0.844. The lowest BCUT2D eigenvalue weighted by molar-refractivity contribution is 0.252. The molecule has 0 bridgehead atoms. The van der Waals surface area contributed by atoms with Crippen molar-refractivity contribution in [1.82, 2.24) is 9.29 Å². The van der Waals surface area contributed by atoms with Crippen LogP contribution in [0.25, 0.3) is 0 Å². The van der Waals surface area contributed by atoms with Gasteiger partial charge in [-0.3, -0.25) is 0 Å². The second kappa shape index (κ2) is 4.74. The van der Waals surface area contributed by atoms with Gasteiger partial charge in [0.2, 0.25) is 0 Å². The highest BCUT2D eigenvalue weighted by molar-refractivity contribution is 7.91. The SMILES string of the molecule is CC(C)(C)C1CCN(S(=O)(=O)c2cnc(Cl)s2)C1. The van der Waals surface area contributed by atoms with E-state index in [1.807, 2.05) is 0 Å². The van der Waals surface area contributed by atoms with E-state index in [0.717, 1.165) is 17.8 Å². The van der Waals surface area contributed by atoms with Crippen LogP contribution in [0.15, 0.2) is 10.4 Å². The monoisotopic (exact) mass is 308 g/mol. The lowest BCUT2D eigenvalue weighted by atomic mass is 9.80. The molecule has 2 rings (SSSR count). The molecule has 0 amide bonds. The van der Waals surface area contributed by atoms with Crippen LogP contribution < -0.4 is 0 Å². The Morgan fingerprint density at radius 3 is 2.61 bits per heavy atom. The highest BCUT2D eigenvalue weighted by Gasteiger charge is 2.38. The first-order chi connectivity index (χ1) is 8.21. The molecule has 0 spiro atoms. The Kier molecular flexibility index (Phi) is 3.75. The fourth-order valence-electron chi connectivity index (χ4n) is 2.14. The van der Waals surface area contributed by atoms with E-state index >= 15 is 0 Å². The number of thiazole rings is 1. The molecular weight excluding hydrogens is 292 g/mol. The second-order valence-electron chi connectivity index (χ2n) is 5.65. The second-order valence-corrected chi connectivity index (χ2v) is 9.42. The molecule has 0 N–H and O–H groups in total. The first kappa shape index (κ1) is 14.2. The normalized spacial score (nSPS) is 22.6. The van der Waals surface area contributed by atoms with Crippen LogP contribution >= 0.6 is 22.9 Å². The Labute approximate surface area is 117 Å². The van der Waals surface area contributed by atoms with Crippen molar-refractivity contribution >= 4 is 33.0 Å². The molecule has 1 aliphatic heterocycles. The van der Waals surface area contributed by atoms with Crippen LogP contribution in [-0.2, 0) is 10.0 Å². The van der Waals surface area contributed by atoms with E-state index in [1.54, 1.807) is 4.31 Å². The molecule has 1 aromatic heterocycles. The van der Waals surface area contributed by atoms with E-state index in [2.05, 4.69) is 25.8 Å². The lowest BCUT2D eigenvalue weighted by Gasteiger charge is -2.26. The average Bonchev–Trinajstić information content (AvgIpc) is 2.83. The van der Waals surface area contributed by atoms with Crippen molar-refractivity contribution < 1.29 is 8.42 Å². The maximum Gasteiger partial charge on any atom is 0.254 e. The largest absolute Gasteiger partial charge is 0.254 e. The van der Waals surface area contributed by atoms with Gasteiger partial charge in [-0.25, -0.2) is 13.4 Å². The molecule has 1 saturated heterocycles. The van der Waals surface area contributed by atoms with E-state index in [1.165, 1.54) is 6.20 Å². The first-order valence-corrected chi connectivity index (χ1v) is 8.46. The van der Waals surface area contributed by atoms with Gasteiger partial charge in [-0.05, 0) is 17.8 Å². The van der Waals surface area contributed by atoms with E-state index in [-0.39, 0.29) is 14.1 Å². The summed E-state index contributed by atoms with van der Waals surface area (Å²) >= 11 is 6.71. The van der Waals surface area contributed by atoms with E-state index in [0.29, 0.717) is 19.0 Å². The van der Waals surface area contributed by atoms with Crippen molar-refractivity contribution in [2.45, 2.75) is 31.4 Å². The van der Waals surface area contributed by atoms with E-state index in [4.69, 9.17) is 11.6 Å². The number of aromatic nitrogens is 1. The highest BCUT2D eigenvalue weighted by atomic mass is 35.5. The zero-order valence-electron chi connectivity index (χ0n) is 10.7. The van der Waals surface area contributed by atoms with Gasteiger partial charge in [0.05, 0.1) is 6.20 Å². The molecule has 1 aliphatic rings. The van der Waals surface area contributed by atoms with Crippen LogP contribution in [-0.4, -0.2) is 30.8 Å². The maximum absolute atomic E-state index is 12.4. The molecule has 1 aromatic rings. The number of halogens is 1. The summed E-state index contributed by atoms with van der Waals surface area (Å²) < 4.78 is 26.8. The van der Waals surface area contributed by atoms with Gasteiger partial charge >= 0.3 is 0 Å². The van der Waals surface area contributed by atoms with Gasteiger partial charge < -0.3 is 0 Å². The molecule has 0 aliphatic carbocycles. The summed E-state index contributed by atoms with van der Waals surface area (Å²) in [5.41, 5.74) is 0.135. The van der Waals surface area contributed by atoms with Crippen LogP contribution in [0.2, 0.25) is 4.47 Å². The molecule has 0 saturated carbocycles. The summed E-state index contributed by atoms with van der Waals surface area (Å²) in [6, 6.07) is 0. The summed E-state index contributed by atoms with van der Waals surface area (Å²) in [5.74, 6) is 0.399. The van der Waals surface area contributed by atoms with Gasteiger partial charge in [0.1, 0.15) is 0 Å². The van der Waals surface area contributed by atoms with Crippen LogP contribution in [0.3, 0.4) is 0 Å². The van der Waals surface area contributed by atoms with Gasteiger partial charge in [0, 0.05) is 13.1 Å². The van der Waals surface area contributed by atoms with Gasteiger partial charge in [0.15, 0.2) is 8.68 Å². The minimum atomic E-state index is -3.41. The smallest absolute Gasteiger partial charge is 0.232 e. The Hall–Kier alpha value is -0.170. The minimum absolute atomic E-state index is 0.135. The third kappa shape index (κ3) is 2.71. The standard InChI is InChI=1S/C11H17ClN2O2S2/c1-11(2,3)8-4-5-14(7-8)18(15,16)9-6-13-10(12)17-9/h6,8H,4-5,7H2,1-3H3. The van der Waals surface area contributed by atoms with Crippen molar-refractivity contribution in [2.75, 3.05) is 13.1 Å². The van der Waals surface area contributed by atoms with Crippen molar-refractivity contribution in [3.8, 4) is 0 Å². The number of rotatable bonds is 2. The van der Waals surface area contributed by atoms with E-state index in [9.17, 15) is 8.42 Å². The Bertz CT molecular complexity index is 533. The lowest BCUT2D eigenvalue weighted by Crippen LogP contribution is -2.30. The Morgan fingerprint density at radius 1 is 1.50 bits per heavy atom. The molecule has 1 unspecified atom stereocenters. The summed E-state index contributed by atoms with van der Waals surface area (Å²) in [5, 5.41) is 0. The fourth-order valence-corrected chi connectivity index (χ4v) is 5.09. The van der Waals surface area contributed by atoms with E-state index < -0.39 is 10.0 Å². The molecule has 0 aromatic carbocycles. The predicted molar refractivity (Wildman–Crippen MR) is 73.4 cm³/mol. The predicted octanol–water partition coefficient (Wildman–Crippen LogP) is 2.85. The summed E-state index contributed by atoms with van der Waals surface area (Å²) in [7, 11) is -3.41. The number of nitrogens with zero attached hydrogens (tertiary/aromatic N) is 2. The molecule has 18 heavy (non-hydrogen) atoms. The van der Waals surface area contributed by atoms with Crippen molar-refractivity contribution in [2.24, 2.45) is 11.3 Å². The summed E-state index contributed by atoms with van der Waals surface area (Å²) in [6.45, 7) is 7.62. The molecule has 7 heteroatoms. The van der Waals surface area contributed by atoms with Gasteiger partial charge in [0.25, 0.3) is 10.0 Å². The van der Waals surface area contributed by atoms with Gasteiger partial charge in [-0.2, -0.15) is 4.31 Å². The van der Waals surface area contributed by atoms with Crippen LogP contribution in [0.1, 0.15) is 27.2 Å². The zero-order chi connectivity index (χ0) is 13.6. The van der Waals surface area contributed by atoms with Crippen LogP contribution in [0, 0.1) is 11.3 Å². The molecule has 2 heterocycles. The average molecular weight is 309 g/mol. The van der Waals surface area contributed by atoms with Crippen molar-refractivity contribution in [1.29, 1.82) is 0 Å². The minimum Gasteiger partial charge on any atom is -0.232 e. The van der Waals surface area contributed by atoms with Crippen molar-refractivity contribution in [3.63, 3.8) is 0 Å². The third-order valence-corrected chi connectivity index (χ3v) is 6.84. The third-order valence-electron chi connectivity index (χ3n) is 3.43. The molecule has 102 valence electrons. The number of hydrogen-bond donors (Lipinski definition) is 0. The molecule has 4 nitrogen and oxygen atoms in total. The van der Waals surface area contributed by atoms with Crippen LogP contribution in [0.5, 0.6) is 0 Å². The van der Waals surface area contributed by atoms with Crippen LogP contribution in [0.4, 0.5) is 0 Å². The zero-order valence-corrected chi connectivity index (χ0v) is 13.1. The number of sulfonamides is 1. The highest BCUT2D eigenvalue weighted by Crippen LogP contribution is 2.36. The van der Waals surface area contributed by atoms with Gasteiger partial charge in [-0.15, -0.1) is 0 Å². The number of hydrogen-bond acceptors (Lipinski definition) is 4. The Morgan fingerprint density at radius 2 is 2.17 bits per heavy atom.